The van der Waals surface area contributed by atoms with Crippen molar-refractivity contribution in [2.24, 2.45) is 0 Å². The van der Waals surface area contributed by atoms with Crippen molar-refractivity contribution in [3.8, 4) is 5.75 Å². The Bertz CT molecular complexity index is 378. The molecule has 1 aromatic carbocycles. The summed E-state index contributed by atoms with van der Waals surface area (Å²) in [5.74, 6) is 0.929. The predicted molar refractivity (Wildman–Crippen MR) is 79.8 cm³/mol. The lowest BCUT2D eigenvalue weighted by Gasteiger charge is -2.30. The summed E-state index contributed by atoms with van der Waals surface area (Å²) in [6.45, 7) is 7.15. The zero-order valence-electron chi connectivity index (χ0n) is 12.6. The Morgan fingerprint density at radius 3 is 2.53 bits per heavy atom. The van der Waals surface area contributed by atoms with Crippen LogP contribution in [-0.4, -0.2) is 30.9 Å². The highest BCUT2D eigenvalue weighted by Gasteiger charge is 2.24. The molecule has 1 unspecified atom stereocenters. The number of ether oxygens (including phenoxy) is 1. The Kier molecular flexibility index (Phi) is 6.32. The maximum absolute atomic E-state index is 9.46. The number of hydrogen-bond acceptors (Lipinski definition) is 3. The molecule has 1 rings (SSSR count). The smallest absolute Gasteiger partial charge is 0.119 e. The van der Waals surface area contributed by atoms with E-state index in [9.17, 15) is 5.11 Å². The molecule has 0 aliphatic carbocycles. The SMILES string of the molecule is CCC(CO)(CCCOc1ccc(C)c(C)c1)NC. The maximum Gasteiger partial charge on any atom is 0.119 e. The van der Waals surface area contributed by atoms with Crippen molar-refractivity contribution in [1.82, 2.24) is 5.32 Å². The monoisotopic (exact) mass is 265 g/mol. The molecule has 0 amide bonds. The molecule has 3 nitrogen and oxygen atoms in total. The summed E-state index contributed by atoms with van der Waals surface area (Å²) in [5.41, 5.74) is 2.38. The van der Waals surface area contributed by atoms with Gasteiger partial charge in [-0.2, -0.15) is 0 Å². The predicted octanol–water partition coefficient (Wildman–Crippen LogP) is 2.82. The van der Waals surface area contributed by atoms with Crippen LogP contribution < -0.4 is 10.1 Å². The summed E-state index contributed by atoms with van der Waals surface area (Å²) in [4.78, 5) is 0. The fourth-order valence-corrected chi connectivity index (χ4v) is 2.15. The minimum absolute atomic E-state index is 0.160. The maximum atomic E-state index is 9.46. The Balaban J connectivity index is 2.40. The molecule has 19 heavy (non-hydrogen) atoms. The lowest BCUT2D eigenvalue weighted by atomic mass is 9.92. The number of aliphatic hydroxyl groups is 1. The van der Waals surface area contributed by atoms with Gasteiger partial charge in [-0.15, -0.1) is 0 Å². The molecular formula is C16H27NO2. The van der Waals surface area contributed by atoms with Crippen molar-refractivity contribution < 1.29 is 9.84 Å². The molecule has 108 valence electrons. The fourth-order valence-electron chi connectivity index (χ4n) is 2.15. The minimum atomic E-state index is -0.160. The number of hydrogen-bond donors (Lipinski definition) is 2. The first-order valence-corrected chi connectivity index (χ1v) is 7.06. The molecule has 0 fully saturated rings. The van der Waals surface area contributed by atoms with E-state index in [-0.39, 0.29) is 12.1 Å². The quantitative estimate of drug-likeness (QED) is 0.710. The lowest BCUT2D eigenvalue weighted by molar-refractivity contribution is 0.145. The zero-order chi connectivity index (χ0) is 14.3. The van der Waals surface area contributed by atoms with E-state index in [0.29, 0.717) is 6.61 Å². The third-order valence-corrected chi connectivity index (χ3v) is 4.06. The van der Waals surface area contributed by atoms with Crippen LogP contribution in [-0.2, 0) is 0 Å². The zero-order valence-corrected chi connectivity index (χ0v) is 12.6. The Hall–Kier alpha value is -1.06. The van der Waals surface area contributed by atoms with Crippen LogP contribution in [0.4, 0.5) is 0 Å². The number of rotatable bonds is 8. The van der Waals surface area contributed by atoms with Gasteiger partial charge in [0.05, 0.1) is 13.2 Å². The third kappa shape index (κ3) is 4.51. The lowest BCUT2D eigenvalue weighted by Crippen LogP contribution is -2.46. The topological polar surface area (TPSA) is 41.5 Å². The van der Waals surface area contributed by atoms with Gasteiger partial charge in [-0.1, -0.05) is 13.0 Å². The summed E-state index contributed by atoms with van der Waals surface area (Å²) >= 11 is 0. The van der Waals surface area contributed by atoms with Crippen LogP contribution >= 0.6 is 0 Å². The van der Waals surface area contributed by atoms with Crippen molar-refractivity contribution in [1.29, 1.82) is 0 Å². The average Bonchev–Trinajstić information content (AvgIpc) is 2.44. The molecule has 2 N–H and O–H groups in total. The summed E-state index contributed by atoms with van der Waals surface area (Å²) < 4.78 is 5.76. The number of likely N-dealkylation sites (N-methyl/N-ethyl adjacent to an activating group) is 1. The second-order valence-electron chi connectivity index (χ2n) is 5.24. The Morgan fingerprint density at radius 1 is 1.26 bits per heavy atom. The van der Waals surface area contributed by atoms with E-state index in [1.54, 1.807) is 0 Å². The van der Waals surface area contributed by atoms with Crippen LogP contribution in [0.25, 0.3) is 0 Å². The number of benzene rings is 1. The van der Waals surface area contributed by atoms with E-state index in [1.807, 2.05) is 13.1 Å². The van der Waals surface area contributed by atoms with E-state index < -0.39 is 0 Å². The van der Waals surface area contributed by atoms with Crippen molar-refractivity contribution in [3.05, 3.63) is 29.3 Å². The first-order valence-electron chi connectivity index (χ1n) is 7.06. The average molecular weight is 265 g/mol. The van der Waals surface area contributed by atoms with Gasteiger partial charge in [-0.05, 0) is 63.4 Å². The second-order valence-corrected chi connectivity index (χ2v) is 5.24. The summed E-state index contributed by atoms with van der Waals surface area (Å²) in [7, 11) is 1.91. The van der Waals surface area contributed by atoms with Gasteiger partial charge in [0, 0.05) is 5.54 Å². The highest BCUT2D eigenvalue weighted by atomic mass is 16.5. The van der Waals surface area contributed by atoms with Gasteiger partial charge < -0.3 is 15.2 Å². The van der Waals surface area contributed by atoms with Crippen molar-refractivity contribution in [2.75, 3.05) is 20.3 Å². The minimum Gasteiger partial charge on any atom is -0.494 e. The van der Waals surface area contributed by atoms with Gasteiger partial charge in [0.25, 0.3) is 0 Å². The molecule has 0 aliphatic rings. The Morgan fingerprint density at radius 2 is 2.00 bits per heavy atom. The van der Waals surface area contributed by atoms with Gasteiger partial charge in [0.15, 0.2) is 0 Å². The van der Waals surface area contributed by atoms with Crippen LogP contribution in [0.5, 0.6) is 5.75 Å². The van der Waals surface area contributed by atoms with Crippen molar-refractivity contribution >= 4 is 0 Å². The van der Waals surface area contributed by atoms with Gasteiger partial charge >= 0.3 is 0 Å². The molecule has 0 saturated heterocycles. The molecule has 1 atom stereocenters. The highest BCUT2D eigenvalue weighted by Crippen LogP contribution is 2.19. The molecule has 0 heterocycles. The summed E-state index contributed by atoms with van der Waals surface area (Å²) in [5, 5.41) is 12.7. The Labute approximate surface area is 117 Å². The van der Waals surface area contributed by atoms with Crippen molar-refractivity contribution in [3.63, 3.8) is 0 Å². The first kappa shape index (κ1) is 16.0. The summed E-state index contributed by atoms with van der Waals surface area (Å²) in [6.07, 6.45) is 2.77. The fraction of sp³-hybridized carbons (Fsp3) is 0.625. The summed E-state index contributed by atoms with van der Waals surface area (Å²) in [6, 6.07) is 6.17. The number of aryl methyl sites for hydroxylation is 2. The molecule has 0 saturated carbocycles. The van der Waals surface area contributed by atoms with Crippen molar-refractivity contribution in [2.45, 2.75) is 45.6 Å². The third-order valence-electron chi connectivity index (χ3n) is 4.06. The van der Waals surface area contributed by atoms with Crippen LogP contribution in [0.15, 0.2) is 18.2 Å². The molecule has 0 aromatic heterocycles. The largest absolute Gasteiger partial charge is 0.494 e. The molecule has 0 aliphatic heterocycles. The number of nitrogens with one attached hydrogen (secondary N) is 1. The van der Waals surface area contributed by atoms with Crippen LogP contribution in [0, 0.1) is 13.8 Å². The molecule has 0 radical (unpaired) electrons. The normalized spacial score (nSPS) is 14.2. The van der Waals surface area contributed by atoms with E-state index in [4.69, 9.17) is 4.74 Å². The first-order chi connectivity index (χ1) is 9.06. The number of aliphatic hydroxyl groups excluding tert-OH is 1. The van der Waals surface area contributed by atoms with Gasteiger partial charge in [-0.3, -0.25) is 0 Å². The van der Waals surface area contributed by atoms with E-state index in [0.717, 1.165) is 25.0 Å². The van der Waals surface area contributed by atoms with Gasteiger partial charge in [0.2, 0.25) is 0 Å². The molecular weight excluding hydrogens is 238 g/mol. The molecule has 3 heteroatoms. The molecule has 0 spiro atoms. The van der Waals surface area contributed by atoms with Crippen LogP contribution in [0.1, 0.15) is 37.3 Å². The van der Waals surface area contributed by atoms with Crippen LogP contribution in [0.2, 0.25) is 0 Å². The van der Waals surface area contributed by atoms with E-state index in [2.05, 4.69) is 38.2 Å². The van der Waals surface area contributed by atoms with E-state index >= 15 is 0 Å². The van der Waals surface area contributed by atoms with Gasteiger partial charge in [0.1, 0.15) is 5.75 Å². The van der Waals surface area contributed by atoms with Gasteiger partial charge in [-0.25, -0.2) is 0 Å². The standard InChI is InChI=1S/C16H27NO2/c1-5-16(12-18,17-4)9-6-10-19-15-8-7-13(2)14(3)11-15/h7-8,11,17-18H,5-6,9-10,12H2,1-4H3. The van der Waals surface area contributed by atoms with E-state index in [1.165, 1.54) is 11.1 Å². The molecule has 1 aromatic rings. The highest BCUT2D eigenvalue weighted by molar-refractivity contribution is 5.33. The molecule has 0 bridgehead atoms. The second kappa shape index (κ2) is 7.51. The van der Waals surface area contributed by atoms with Crippen LogP contribution in [0.3, 0.4) is 0 Å².